The van der Waals surface area contributed by atoms with Crippen LogP contribution in [0.2, 0.25) is 0 Å². The Morgan fingerprint density at radius 1 is 0.390 bits per heavy atom. The van der Waals surface area contributed by atoms with Crippen molar-refractivity contribution in [1.29, 1.82) is 0 Å². The third kappa shape index (κ3) is 53.7. The van der Waals surface area contributed by atoms with Crippen LogP contribution in [-0.4, -0.2) is 62.4 Å². The molecule has 260 valence electrons. The second kappa shape index (κ2) is 24.1. The lowest BCUT2D eigenvalue weighted by molar-refractivity contribution is 0.142. The molecule has 27 heteroatoms. The van der Waals surface area contributed by atoms with Crippen molar-refractivity contribution in [2.24, 2.45) is 0 Å². The van der Waals surface area contributed by atoms with Crippen LogP contribution in [-0.2, 0) is 53.9 Å². The van der Waals surface area contributed by atoms with Gasteiger partial charge >= 0.3 is 46.9 Å². The van der Waals surface area contributed by atoms with Gasteiger partial charge in [0.1, 0.15) is 0 Å². The van der Waals surface area contributed by atoms with Crippen LogP contribution in [0, 0.1) is 0 Å². The third-order valence-electron chi connectivity index (χ3n) is 1.66. The maximum Gasteiger partial charge on any atom is 0.490 e. The maximum atomic E-state index is 11.0. The second-order valence-electron chi connectivity index (χ2n) is 6.58. The fourth-order valence-electron chi connectivity index (χ4n) is 1.26. The fourth-order valence-corrected chi connectivity index (χ4v) is 6.76. The molecule has 9 N–H and O–H groups in total. The topological polar surface area (TPSA) is 340 Å². The van der Waals surface area contributed by atoms with Crippen molar-refractivity contribution in [3.63, 3.8) is 0 Å². The largest absolute Gasteiger partial charge is 0.490 e. The molecular formula is C14H48O21P6. The van der Waals surface area contributed by atoms with E-state index in [1.54, 1.807) is 13.8 Å². The molecule has 0 spiro atoms. The number of hydrogen-bond donors (Lipinski definition) is 9. The lowest BCUT2D eigenvalue weighted by Crippen LogP contribution is -2.02. The summed E-state index contributed by atoms with van der Waals surface area (Å²) in [6.07, 6.45) is -1.89. The molecule has 3 unspecified atom stereocenters. The monoisotopic (exact) mass is 738 g/mol. The van der Waals surface area contributed by atoms with E-state index >= 15 is 0 Å². The Kier molecular flexibility index (Phi) is 33.7. The summed E-state index contributed by atoms with van der Waals surface area (Å²) in [5, 5.41) is 0. The minimum atomic E-state index is -5.39. The zero-order chi connectivity index (χ0) is 32.0. The molecule has 0 bridgehead atoms. The Morgan fingerprint density at radius 2 is 0.610 bits per heavy atom. The molecule has 0 rings (SSSR count). The van der Waals surface area contributed by atoms with Crippen molar-refractivity contribution in [2.45, 2.75) is 96.0 Å². The van der Waals surface area contributed by atoms with E-state index in [-0.39, 0.29) is 22.3 Å². The highest BCUT2D eigenvalue weighted by Gasteiger charge is 2.41. The molecule has 41 heavy (non-hydrogen) atoms. The van der Waals surface area contributed by atoms with Crippen molar-refractivity contribution in [3.8, 4) is 0 Å². The average Bonchev–Trinajstić information content (AvgIpc) is 2.45. The first kappa shape index (κ1) is 57.4. The van der Waals surface area contributed by atoms with Crippen LogP contribution in [0.5, 0.6) is 0 Å². The molecule has 0 aromatic carbocycles. The van der Waals surface area contributed by atoms with E-state index in [1.165, 1.54) is 27.7 Å². The van der Waals surface area contributed by atoms with Crippen LogP contribution in [0.15, 0.2) is 0 Å². The van der Waals surface area contributed by atoms with E-state index < -0.39 is 65.2 Å². The summed E-state index contributed by atoms with van der Waals surface area (Å²) in [7, 11) is -29.5. The summed E-state index contributed by atoms with van der Waals surface area (Å²) in [6, 6.07) is 0. The Morgan fingerprint density at radius 3 is 0.780 bits per heavy atom. The summed E-state index contributed by atoms with van der Waals surface area (Å²) in [5.74, 6) is 0. The van der Waals surface area contributed by atoms with Gasteiger partial charge in [0.15, 0.2) is 0 Å². The van der Waals surface area contributed by atoms with Gasteiger partial charge in [0, 0.05) is 0 Å². The SMILES string of the molecule is C.C.C.CC.CC(C)OP(=O)(O)O.CC(C)OP(=O)(O)OP(=O)(O)O.CC(C)OP(=O)(O)OP(=O)(O)OP(=O)(O)O. The molecule has 0 aliphatic rings. The average molecular weight is 738 g/mol. The summed E-state index contributed by atoms with van der Waals surface area (Å²) < 4.78 is 85.6. The van der Waals surface area contributed by atoms with Crippen LogP contribution in [0.1, 0.15) is 77.7 Å². The molecule has 0 aliphatic carbocycles. The predicted molar refractivity (Wildman–Crippen MR) is 149 cm³/mol. The molecule has 0 aromatic rings. The normalized spacial score (nSPS) is 15.8. The van der Waals surface area contributed by atoms with E-state index in [4.69, 9.17) is 44.0 Å². The van der Waals surface area contributed by atoms with Crippen molar-refractivity contribution in [1.82, 2.24) is 0 Å². The zero-order valence-corrected chi connectivity index (χ0v) is 26.7. The van der Waals surface area contributed by atoms with Crippen molar-refractivity contribution in [3.05, 3.63) is 0 Å². The van der Waals surface area contributed by atoms with Crippen molar-refractivity contribution >= 4 is 46.9 Å². The van der Waals surface area contributed by atoms with Gasteiger partial charge in [-0.2, -0.15) is 12.9 Å². The van der Waals surface area contributed by atoms with Gasteiger partial charge in [-0.05, 0) is 41.5 Å². The molecule has 0 amide bonds. The Labute approximate surface area is 241 Å². The quantitative estimate of drug-likeness (QED) is 0.121. The molecule has 0 saturated heterocycles. The van der Waals surface area contributed by atoms with Gasteiger partial charge in [0.05, 0.1) is 18.3 Å². The highest BCUT2D eigenvalue weighted by molar-refractivity contribution is 7.66. The summed E-state index contributed by atoms with van der Waals surface area (Å²) in [6.45, 7) is 12.6. The molecule has 21 nitrogen and oxygen atoms in total. The van der Waals surface area contributed by atoms with Crippen LogP contribution in [0.3, 0.4) is 0 Å². The Balaban J connectivity index is -0.0000000828. The lowest BCUT2D eigenvalue weighted by atomic mass is 10.5. The minimum Gasteiger partial charge on any atom is -0.303 e. The van der Waals surface area contributed by atoms with Crippen LogP contribution in [0.4, 0.5) is 0 Å². The number of phosphoric acid groups is 6. The van der Waals surface area contributed by atoms with Gasteiger partial charge < -0.3 is 44.0 Å². The first-order valence-electron chi connectivity index (χ1n) is 9.71. The second-order valence-corrected chi connectivity index (χ2v) is 14.9. The summed E-state index contributed by atoms with van der Waals surface area (Å²) in [4.78, 5) is 75.0. The van der Waals surface area contributed by atoms with Gasteiger partial charge in [-0.15, -0.1) is 0 Å². The number of rotatable bonds is 12. The number of hydrogen-bond acceptors (Lipinski definition) is 12. The minimum absolute atomic E-state index is 0. The van der Waals surface area contributed by atoms with E-state index in [9.17, 15) is 27.4 Å². The van der Waals surface area contributed by atoms with Gasteiger partial charge in [-0.25, -0.2) is 27.4 Å². The Bertz CT molecular complexity index is 933. The molecule has 0 heterocycles. The number of phosphoric ester groups is 3. The highest BCUT2D eigenvalue weighted by Crippen LogP contribution is 2.66. The zero-order valence-electron chi connectivity index (χ0n) is 21.3. The highest BCUT2D eigenvalue weighted by atomic mass is 31.3. The molecular weight excluding hydrogens is 690 g/mol. The van der Waals surface area contributed by atoms with Crippen LogP contribution in [0.25, 0.3) is 0 Å². The van der Waals surface area contributed by atoms with E-state index in [0.29, 0.717) is 0 Å². The van der Waals surface area contributed by atoms with Crippen molar-refractivity contribution < 1.29 is 97.9 Å². The molecule has 0 fully saturated rings. The molecule has 0 radical (unpaired) electrons. The van der Waals surface area contributed by atoms with Crippen LogP contribution < -0.4 is 0 Å². The molecule has 3 atom stereocenters. The Hall–Kier alpha value is 0.780. The molecule has 0 saturated carbocycles. The lowest BCUT2D eigenvalue weighted by Gasteiger charge is -2.17. The van der Waals surface area contributed by atoms with E-state index in [1.807, 2.05) is 13.8 Å². The van der Waals surface area contributed by atoms with Crippen molar-refractivity contribution in [2.75, 3.05) is 0 Å². The maximum absolute atomic E-state index is 11.0. The van der Waals surface area contributed by atoms with Gasteiger partial charge in [0.2, 0.25) is 0 Å². The standard InChI is InChI=1S/C3H11O10P3.C3H10O7P2.C3H9O4P.C2H6.3CH4/c1-3(2)11-15(7,8)13-16(9,10)12-14(4,5)6;1-3(2)9-12(7,8)10-11(4,5)6;1-3(2)7-8(4,5)6;1-2;;;/h3H,1-2H3,(H,7,8)(H,9,10)(H2,4,5,6);3H,1-2H3,(H,7,8)(H2,4,5,6);3H,1-2H3,(H2,4,5,6);1-2H3;3*1H4. The predicted octanol–water partition coefficient (Wildman–Crippen LogP) is 4.80. The molecule has 0 aliphatic heterocycles. The van der Waals surface area contributed by atoms with Gasteiger partial charge in [-0.1, -0.05) is 36.1 Å². The molecule has 0 aromatic heterocycles. The first-order valence-corrected chi connectivity index (χ1v) is 18.8. The summed E-state index contributed by atoms with van der Waals surface area (Å²) in [5.41, 5.74) is 0. The van der Waals surface area contributed by atoms with E-state index in [2.05, 4.69) is 26.5 Å². The van der Waals surface area contributed by atoms with Crippen LogP contribution >= 0.6 is 46.9 Å². The van der Waals surface area contributed by atoms with Gasteiger partial charge in [0.25, 0.3) is 0 Å². The van der Waals surface area contributed by atoms with E-state index in [0.717, 1.165) is 0 Å². The smallest absolute Gasteiger partial charge is 0.303 e. The van der Waals surface area contributed by atoms with Gasteiger partial charge in [-0.3, -0.25) is 13.6 Å². The fraction of sp³-hybridized carbons (Fsp3) is 1.00. The summed E-state index contributed by atoms with van der Waals surface area (Å²) >= 11 is 0. The third-order valence-corrected chi connectivity index (χ3v) is 8.74. The first-order chi connectivity index (χ1) is 16.4.